The zero-order chi connectivity index (χ0) is 20.6. The van der Waals surface area contributed by atoms with Gasteiger partial charge < -0.3 is 10.0 Å². The first-order valence-corrected chi connectivity index (χ1v) is 10.3. The van der Waals surface area contributed by atoms with Gasteiger partial charge in [0.1, 0.15) is 5.75 Å². The first-order chi connectivity index (χ1) is 14.1. The van der Waals surface area contributed by atoms with Crippen molar-refractivity contribution in [3.05, 3.63) is 95.3 Å². The van der Waals surface area contributed by atoms with Crippen molar-refractivity contribution in [2.24, 2.45) is 0 Å². The molecule has 2 aromatic carbocycles. The van der Waals surface area contributed by atoms with E-state index in [9.17, 15) is 5.11 Å². The van der Waals surface area contributed by atoms with Crippen LogP contribution in [-0.4, -0.2) is 35.6 Å². The van der Waals surface area contributed by atoms with Gasteiger partial charge in [-0.2, -0.15) is 0 Å². The number of aromatic hydroxyl groups is 1. The minimum atomic E-state index is 0. The van der Waals surface area contributed by atoms with Gasteiger partial charge in [-0.25, -0.2) is 0 Å². The number of pyridine rings is 1. The van der Waals surface area contributed by atoms with Crippen LogP contribution in [0.4, 0.5) is 0 Å². The summed E-state index contributed by atoms with van der Waals surface area (Å²) in [5, 5.41) is 9.75. The Labute approximate surface area is 186 Å². The highest BCUT2D eigenvalue weighted by molar-refractivity contribution is 5.98. The number of hydrogen-bond donors (Lipinski definition) is 1. The van der Waals surface area contributed by atoms with E-state index >= 15 is 0 Å². The molecule has 0 spiro atoms. The van der Waals surface area contributed by atoms with E-state index in [2.05, 4.69) is 62.3 Å². The monoisotopic (exact) mass is 422 g/mol. The van der Waals surface area contributed by atoms with Gasteiger partial charge in [0.2, 0.25) is 0 Å². The molecule has 3 nitrogen and oxygen atoms in total. The van der Waals surface area contributed by atoms with Crippen molar-refractivity contribution in [2.75, 3.05) is 20.6 Å². The number of phenolic OH excluding ortho intramolecular Hbond substituents is 1. The molecule has 0 radical (unpaired) electrons. The zero-order valence-electron chi connectivity index (χ0n) is 18.0. The Kier molecular flexibility index (Phi) is 9.10. The Hall–Kier alpha value is -2.62. The molecule has 0 fully saturated rings. The van der Waals surface area contributed by atoms with Crippen LogP contribution in [0.3, 0.4) is 0 Å². The Morgan fingerprint density at radius 2 is 1.53 bits per heavy atom. The smallest absolute Gasteiger partial charge is 0.115 e. The normalized spacial score (nSPS) is 11.7. The van der Waals surface area contributed by atoms with E-state index in [1.54, 1.807) is 12.1 Å². The zero-order valence-corrected chi connectivity index (χ0v) is 18.8. The van der Waals surface area contributed by atoms with Crippen molar-refractivity contribution in [2.45, 2.75) is 26.2 Å². The van der Waals surface area contributed by atoms with E-state index in [1.807, 2.05) is 24.4 Å². The lowest BCUT2D eigenvalue weighted by Crippen LogP contribution is -2.13. The summed E-state index contributed by atoms with van der Waals surface area (Å²) < 4.78 is 0. The first kappa shape index (κ1) is 23.7. The van der Waals surface area contributed by atoms with E-state index in [0.29, 0.717) is 0 Å². The van der Waals surface area contributed by atoms with E-state index < -0.39 is 0 Å². The minimum Gasteiger partial charge on any atom is -0.508 e. The maximum absolute atomic E-state index is 9.75. The van der Waals surface area contributed by atoms with Crippen LogP contribution >= 0.6 is 12.4 Å². The van der Waals surface area contributed by atoms with Gasteiger partial charge >= 0.3 is 0 Å². The topological polar surface area (TPSA) is 36.4 Å². The SMILES string of the molecule is CC/C(=C(/c1ccc(O)cc1)c1ccc(CCCN(C)C)nc1)c1ccccc1.Cl. The molecule has 4 heteroatoms. The highest BCUT2D eigenvalue weighted by Crippen LogP contribution is 2.34. The van der Waals surface area contributed by atoms with Crippen molar-refractivity contribution in [3.63, 3.8) is 0 Å². The van der Waals surface area contributed by atoms with Gasteiger partial charge in [0.25, 0.3) is 0 Å². The maximum atomic E-state index is 9.75. The van der Waals surface area contributed by atoms with Gasteiger partial charge in [-0.3, -0.25) is 4.98 Å². The molecular weight excluding hydrogens is 392 g/mol. The van der Waals surface area contributed by atoms with E-state index in [4.69, 9.17) is 4.98 Å². The highest BCUT2D eigenvalue weighted by Gasteiger charge is 2.13. The molecule has 0 saturated heterocycles. The molecule has 0 aliphatic carbocycles. The number of nitrogens with zero attached hydrogens (tertiary/aromatic N) is 2. The second kappa shape index (κ2) is 11.5. The lowest BCUT2D eigenvalue weighted by Gasteiger charge is -2.16. The summed E-state index contributed by atoms with van der Waals surface area (Å²) in [5.41, 5.74) is 6.98. The predicted molar refractivity (Wildman–Crippen MR) is 129 cm³/mol. The Morgan fingerprint density at radius 1 is 0.867 bits per heavy atom. The highest BCUT2D eigenvalue weighted by atomic mass is 35.5. The largest absolute Gasteiger partial charge is 0.508 e. The minimum absolute atomic E-state index is 0. The number of halogens is 1. The van der Waals surface area contributed by atoms with Crippen molar-refractivity contribution in [3.8, 4) is 5.75 Å². The Bertz CT molecular complexity index is 933. The number of allylic oxidation sites excluding steroid dienone is 1. The average Bonchev–Trinajstić information content (AvgIpc) is 2.74. The van der Waals surface area contributed by atoms with Gasteiger partial charge in [-0.05, 0) is 80.4 Å². The summed E-state index contributed by atoms with van der Waals surface area (Å²) in [7, 11) is 4.20. The quantitative estimate of drug-likeness (QED) is 0.447. The molecule has 0 aliphatic heterocycles. The summed E-state index contributed by atoms with van der Waals surface area (Å²) in [6.45, 7) is 3.25. The molecule has 0 aliphatic rings. The second-order valence-electron chi connectivity index (χ2n) is 7.57. The van der Waals surface area contributed by atoms with Crippen molar-refractivity contribution < 1.29 is 5.11 Å². The first-order valence-electron chi connectivity index (χ1n) is 10.3. The third-order valence-electron chi connectivity index (χ3n) is 5.09. The predicted octanol–water partition coefficient (Wildman–Crippen LogP) is 6.07. The fourth-order valence-corrected chi connectivity index (χ4v) is 3.60. The van der Waals surface area contributed by atoms with Crippen LogP contribution in [0.25, 0.3) is 11.1 Å². The molecular formula is C26H31ClN2O. The fourth-order valence-electron chi connectivity index (χ4n) is 3.60. The van der Waals surface area contributed by atoms with Crippen molar-refractivity contribution in [1.82, 2.24) is 9.88 Å². The van der Waals surface area contributed by atoms with Gasteiger partial charge in [0, 0.05) is 17.5 Å². The third kappa shape index (κ3) is 6.19. The third-order valence-corrected chi connectivity index (χ3v) is 5.09. The van der Waals surface area contributed by atoms with Gasteiger partial charge in [-0.15, -0.1) is 12.4 Å². The van der Waals surface area contributed by atoms with Gasteiger partial charge in [0.05, 0.1) is 0 Å². The number of benzene rings is 2. The molecule has 158 valence electrons. The summed E-state index contributed by atoms with van der Waals surface area (Å²) in [5.74, 6) is 0.278. The molecule has 0 saturated carbocycles. The van der Waals surface area contributed by atoms with E-state index in [-0.39, 0.29) is 18.2 Å². The van der Waals surface area contributed by atoms with Crippen molar-refractivity contribution >= 4 is 23.6 Å². The second-order valence-corrected chi connectivity index (χ2v) is 7.57. The average molecular weight is 423 g/mol. The number of rotatable bonds is 8. The van der Waals surface area contributed by atoms with Crippen LogP contribution in [0.1, 0.15) is 42.1 Å². The fraction of sp³-hybridized carbons (Fsp3) is 0.269. The number of phenols is 1. The standard InChI is InChI=1S/C26H30N2O.ClH/c1-4-25(20-9-6-5-7-10-20)26(21-13-16-24(29)17-14-21)22-12-15-23(27-19-22)11-8-18-28(2)3;/h5-7,9-10,12-17,19,29H,4,8,11,18H2,1-3H3;1H/b26-25+;. The lowest BCUT2D eigenvalue weighted by molar-refractivity contribution is 0.399. The van der Waals surface area contributed by atoms with Crippen LogP contribution < -0.4 is 0 Å². The van der Waals surface area contributed by atoms with E-state index in [0.717, 1.165) is 42.6 Å². The summed E-state index contributed by atoms with van der Waals surface area (Å²) >= 11 is 0. The lowest BCUT2D eigenvalue weighted by atomic mass is 9.89. The molecule has 0 bridgehead atoms. The van der Waals surface area contributed by atoms with Crippen LogP contribution in [0.15, 0.2) is 72.9 Å². The number of aromatic nitrogens is 1. The molecule has 0 amide bonds. The molecule has 1 aromatic heterocycles. The number of hydrogen-bond acceptors (Lipinski definition) is 3. The van der Waals surface area contributed by atoms with Gasteiger partial charge in [-0.1, -0.05) is 55.5 Å². The molecule has 0 atom stereocenters. The molecule has 1 N–H and O–H groups in total. The summed E-state index contributed by atoms with van der Waals surface area (Å²) in [6.07, 6.45) is 4.98. The summed E-state index contributed by atoms with van der Waals surface area (Å²) in [6, 6.07) is 22.3. The molecule has 1 heterocycles. The Morgan fingerprint density at radius 3 is 2.10 bits per heavy atom. The van der Waals surface area contributed by atoms with E-state index in [1.165, 1.54) is 16.7 Å². The van der Waals surface area contributed by atoms with Crippen LogP contribution in [0.2, 0.25) is 0 Å². The Balaban J connectivity index is 0.00000320. The molecule has 3 aromatic rings. The molecule has 0 unspecified atom stereocenters. The van der Waals surface area contributed by atoms with Crippen LogP contribution in [-0.2, 0) is 6.42 Å². The molecule has 3 rings (SSSR count). The van der Waals surface area contributed by atoms with Crippen LogP contribution in [0.5, 0.6) is 5.75 Å². The number of aryl methyl sites for hydroxylation is 1. The maximum Gasteiger partial charge on any atom is 0.115 e. The van der Waals surface area contributed by atoms with Crippen molar-refractivity contribution in [1.29, 1.82) is 0 Å². The molecule has 30 heavy (non-hydrogen) atoms. The summed E-state index contributed by atoms with van der Waals surface area (Å²) in [4.78, 5) is 6.95. The van der Waals surface area contributed by atoms with Gasteiger partial charge in [0.15, 0.2) is 0 Å². The van der Waals surface area contributed by atoms with Crippen LogP contribution in [0, 0.1) is 0 Å².